The number of likely N-dealkylation sites (tertiary alicyclic amines) is 1. The van der Waals surface area contributed by atoms with E-state index in [0.717, 1.165) is 19.5 Å². The first-order chi connectivity index (χ1) is 10.1. The summed E-state index contributed by atoms with van der Waals surface area (Å²) in [6.07, 6.45) is 2.29. The maximum atomic E-state index is 11.7. The summed E-state index contributed by atoms with van der Waals surface area (Å²) in [7, 11) is 0. The molecule has 1 unspecified atom stereocenters. The quantitative estimate of drug-likeness (QED) is 0.732. The average molecular weight is 312 g/mol. The first-order valence-corrected chi connectivity index (χ1v) is 7.91. The highest BCUT2D eigenvalue weighted by Gasteiger charge is 2.23. The van der Waals surface area contributed by atoms with E-state index in [-0.39, 0.29) is 18.3 Å². The zero-order valence-electron chi connectivity index (χ0n) is 12.0. The van der Waals surface area contributed by atoms with E-state index in [2.05, 4.69) is 27.4 Å². The van der Waals surface area contributed by atoms with Gasteiger partial charge in [-0.25, -0.2) is 14.6 Å². The van der Waals surface area contributed by atoms with E-state index in [1.807, 2.05) is 0 Å². The molecule has 1 aliphatic heterocycles. The Balaban J connectivity index is 1.70. The Morgan fingerprint density at radius 3 is 3.00 bits per heavy atom. The molecule has 1 fully saturated rings. The van der Waals surface area contributed by atoms with Gasteiger partial charge in [-0.15, -0.1) is 11.3 Å². The second-order valence-electron chi connectivity index (χ2n) is 4.92. The molecule has 0 aromatic carbocycles. The average Bonchev–Trinajstić information content (AvgIpc) is 3.11. The third kappa shape index (κ3) is 4.40. The van der Waals surface area contributed by atoms with Gasteiger partial charge < -0.3 is 15.7 Å². The predicted octanol–water partition coefficient (Wildman–Crippen LogP) is 1.12. The number of likely N-dealkylation sites (N-methyl/N-ethyl adjacent to an activating group) is 1. The number of carboxylic acid groups (broad SMARTS) is 1. The van der Waals surface area contributed by atoms with Crippen molar-refractivity contribution in [1.29, 1.82) is 0 Å². The number of carbonyl (C=O) groups excluding carboxylic acids is 1. The van der Waals surface area contributed by atoms with Crippen LogP contribution in [0.15, 0.2) is 5.38 Å². The minimum Gasteiger partial charge on any atom is -0.476 e. The molecule has 0 saturated carbocycles. The Morgan fingerprint density at radius 2 is 2.33 bits per heavy atom. The number of aromatic carboxylic acids is 1. The molecule has 0 aliphatic carbocycles. The van der Waals surface area contributed by atoms with E-state index in [1.165, 1.54) is 23.1 Å². The fourth-order valence-electron chi connectivity index (χ4n) is 2.46. The topological polar surface area (TPSA) is 94.6 Å². The molecule has 2 amide bonds. The van der Waals surface area contributed by atoms with Crippen LogP contribution in [0.3, 0.4) is 0 Å². The molecule has 1 atom stereocenters. The summed E-state index contributed by atoms with van der Waals surface area (Å²) in [4.78, 5) is 28.7. The standard InChI is InChI=1S/C13H20N4O3S/c1-2-17-5-3-4-9(17)6-14-13(20)15-7-11-16-10(8-21-11)12(18)19/h8-9H,2-7H2,1H3,(H,18,19)(H2,14,15,20). The Morgan fingerprint density at radius 1 is 1.52 bits per heavy atom. The van der Waals surface area contributed by atoms with Gasteiger partial charge in [0.1, 0.15) is 5.01 Å². The van der Waals surface area contributed by atoms with Gasteiger partial charge in [0.15, 0.2) is 5.69 Å². The number of thiazole rings is 1. The summed E-state index contributed by atoms with van der Waals surface area (Å²) in [5.74, 6) is -1.05. The monoisotopic (exact) mass is 312 g/mol. The molecule has 1 aromatic heterocycles. The number of rotatable bonds is 6. The number of amides is 2. The van der Waals surface area contributed by atoms with Crippen molar-refractivity contribution in [3.8, 4) is 0 Å². The zero-order valence-corrected chi connectivity index (χ0v) is 12.8. The highest BCUT2D eigenvalue weighted by Crippen LogP contribution is 2.15. The van der Waals surface area contributed by atoms with Crippen LogP contribution in [-0.2, 0) is 6.54 Å². The van der Waals surface area contributed by atoms with Gasteiger partial charge in [-0.2, -0.15) is 0 Å². The lowest BCUT2D eigenvalue weighted by Gasteiger charge is -2.22. The molecule has 2 heterocycles. The third-order valence-corrected chi connectivity index (χ3v) is 4.42. The summed E-state index contributed by atoms with van der Waals surface area (Å²) in [5, 5.41) is 16.4. The molecule has 0 spiro atoms. The maximum absolute atomic E-state index is 11.7. The molecule has 0 radical (unpaired) electrons. The SMILES string of the molecule is CCN1CCCC1CNC(=O)NCc1nc(C(=O)O)cs1. The van der Waals surface area contributed by atoms with Gasteiger partial charge in [-0.3, -0.25) is 4.90 Å². The number of hydrogen-bond acceptors (Lipinski definition) is 5. The molecular formula is C13H20N4O3S. The number of carboxylic acids is 1. The number of nitrogens with zero attached hydrogens (tertiary/aromatic N) is 2. The maximum Gasteiger partial charge on any atom is 0.355 e. The van der Waals surface area contributed by atoms with Crippen molar-refractivity contribution in [3.63, 3.8) is 0 Å². The van der Waals surface area contributed by atoms with Crippen LogP contribution in [0.4, 0.5) is 4.79 Å². The minimum atomic E-state index is -1.05. The fourth-order valence-corrected chi connectivity index (χ4v) is 3.17. The van der Waals surface area contributed by atoms with Gasteiger partial charge in [0.25, 0.3) is 0 Å². The number of urea groups is 1. The van der Waals surface area contributed by atoms with E-state index < -0.39 is 5.97 Å². The van der Waals surface area contributed by atoms with Crippen molar-refractivity contribution < 1.29 is 14.7 Å². The van der Waals surface area contributed by atoms with Crippen LogP contribution in [0.1, 0.15) is 35.3 Å². The Labute approximate surface area is 127 Å². The molecule has 1 saturated heterocycles. The Bertz CT molecular complexity index is 505. The Kier molecular flexibility index (Phi) is 5.51. The molecule has 0 bridgehead atoms. The van der Waals surface area contributed by atoms with Crippen LogP contribution < -0.4 is 10.6 Å². The van der Waals surface area contributed by atoms with Crippen molar-refractivity contribution in [2.45, 2.75) is 32.4 Å². The predicted molar refractivity (Wildman–Crippen MR) is 79.6 cm³/mol. The highest BCUT2D eigenvalue weighted by molar-refractivity contribution is 7.09. The fraction of sp³-hybridized carbons (Fsp3) is 0.615. The lowest BCUT2D eigenvalue weighted by molar-refractivity contribution is 0.0691. The molecule has 1 aromatic rings. The summed E-state index contributed by atoms with van der Waals surface area (Å²) >= 11 is 1.22. The van der Waals surface area contributed by atoms with Crippen molar-refractivity contribution in [2.24, 2.45) is 0 Å². The minimum absolute atomic E-state index is 0.0155. The van der Waals surface area contributed by atoms with Crippen LogP contribution in [0.25, 0.3) is 0 Å². The molecule has 1 aliphatic rings. The van der Waals surface area contributed by atoms with Crippen LogP contribution in [0.2, 0.25) is 0 Å². The summed E-state index contributed by atoms with van der Waals surface area (Å²) in [5.41, 5.74) is 0.0155. The third-order valence-electron chi connectivity index (χ3n) is 3.57. The number of nitrogens with one attached hydrogen (secondary N) is 2. The van der Waals surface area contributed by atoms with Crippen molar-refractivity contribution in [3.05, 3.63) is 16.1 Å². The van der Waals surface area contributed by atoms with Crippen LogP contribution in [-0.4, -0.2) is 52.7 Å². The van der Waals surface area contributed by atoms with E-state index in [9.17, 15) is 9.59 Å². The van der Waals surface area contributed by atoms with E-state index in [0.29, 0.717) is 17.6 Å². The zero-order chi connectivity index (χ0) is 15.2. The van der Waals surface area contributed by atoms with Gasteiger partial charge in [0, 0.05) is 18.0 Å². The number of aromatic nitrogens is 1. The second-order valence-corrected chi connectivity index (χ2v) is 5.86. The second kappa shape index (κ2) is 7.37. The molecule has 116 valence electrons. The lowest BCUT2D eigenvalue weighted by Crippen LogP contribution is -2.43. The molecule has 21 heavy (non-hydrogen) atoms. The number of carbonyl (C=O) groups is 2. The first kappa shape index (κ1) is 15.7. The van der Waals surface area contributed by atoms with E-state index in [1.54, 1.807) is 0 Å². The van der Waals surface area contributed by atoms with Crippen LogP contribution >= 0.6 is 11.3 Å². The summed E-state index contributed by atoms with van der Waals surface area (Å²) < 4.78 is 0. The largest absolute Gasteiger partial charge is 0.476 e. The molecule has 7 nitrogen and oxygen atoms in total. The van der Waals surface area contributed by atoms with Gasteiger partial charge in [-0.05, 0) is 25.9 Å². The molecule has 3 N–H and O–H groups in total. The van der Waals surface area contributed by atoms with Gasteiger partial charge in [0.05, 0.1) is 6.54 Å². The lowest BCUT2D eigenvalue weighted by atomic mass is 10.2. The highest BCUT2D eigenvalue weighted by atomic mass is 32.1. The van der Waals surface area contributed by atoms with E-state index >= 15 is 0 Å². The Hall–Kier alpha value is -1.67. The molecule has 2 rings (SSSR count). The molecular weight excluding hydrogens is 292 g/mol. The normalized spacial score (nSPS) is 18.6. The van der Waals surface area contributed by atoms with E-state index in [4.69, 9.17) is 5.11 Å². The molecule has 8 heteroatoms. The summed E-state index contributed by atoms with van der Waals surface area (Å²) in [6.45, 7) is 5.11. The van der Waals surface area contributed by atoms with Gasteiger partial charge in [-0.1, -0.05) is 6.92 Å². The van der Waals surface area contributed by atoms with Crippen molar-refractivity contribution >= 4 is 23.3 Å². The summed E-state index contributed by atoms with van der Waals surface area (Å²) in [6, 6.07) is 0.171. The van der Waals surface area contributed by atoms with Crippen molar-refractivity contribution in [2.75, 3.05) is 19.6 Å². The van der Waals surface area contributed by atoms with Crippen molar-refractivity contribution in [1.82, 2.24) is 20.5 Å². The van der Waals surface area contributed by atoms with Gasteiger partial charge >= 0.3 is 12.0 Å². The smallest absolute Gasteiger partial charge is 0.355 e. The van der Waals surface area contributed by atoms with Crippen LogP contribution in [0.5, 0.6) is 0 Å². The first-order valence-electron chi connectivity index (χ1n) is 7.03. The van der Waals surface area contributed by atoms with Crippen LogP contribution in [0, 0.1) is 0 Å². The number of hydrogen-bond donors (Lipinski definition) is 3. The van der Waals surface area contributed by atoms with Gasteiger partial charge in [0.2, 0.25) is 0 Å².